The van der Waals surface area contributed by atoms with Crippen molar-refractivity contribution in [1.82, 2.24) is 0 Å². The third-order valence-electron chi connectivity index (χ3n) is 5.22. The first-order valence-corrected chi connectivity index (χ1v) is 10.6. The van der Waals surface area contributed by atoms with Crippen LogP contribution < -0.4 is 14.2 Å². The van der Waals surface area contributed by atoms with Crippen LogP contribution in [-0.4, -0.2) is 29.8 Å². The van der Waals surface area contributed by atoms with Gasteiger partial charge < -0.3 is 24.1 Å². The van der Waals surface area contributed by atoms with E-state index in [1.54, 1.807) is 49.4 Å². The summed E-state index contributed by atoms with van der Waals surface area (Å²) in [7, 11) is 0. The molecule has 1 heterocycles. The van der Waals surface area contributed by atoms with Gasteiger partial charge in [0.15, 0.2) is 29.5 Å². The minimum absolute atomic E-state index is 0.0752. The van der Waals surface area contributed by atoms with Gasteiger partial charge in [0.05, 0.1) is 5.56 Å². The number of esters is 1. The molecule has 1 N–H and O–H groups in total. The molecule has 3 aromatic rings. The standard InChI is InChI=1S/C26H24O7/c1-2-23(27)33-26(18-12-13-21-22(14-18)32-16-31-21)25(29)24(28)19-10-6-7-11-20(19)30-15-17-8-4-3-5-9-17/h3-14,25-26,29H,2,15-16H2,1H3. The van der Waals surface area contributed by atoms with E-state index in [1.807, 2.05) is 30.3 Å². The Bertz CT molecular complexity index is 1130. The Morgan fingerprint density at radius 1 is 0.970 bits per heavy atom. The Balaban J connectivity index is 1.59. The molecule has 0 fully saturated rings. The quantitative estimate of drug-likeness (QED) is 0.387. The van der Waals surface area contributed by atoms with Gasteiger partial charge in [-0.25, -0.2) is 0 Å². The van der Waals surface area contributed by atoms with E-state index in [4.69, 9.17) is 18.9 Å². The normalized spacial score (nSPS) is 13.8. The Kier molecular flexibility index (Phi) is 6.90. The minimum atomic E-state index is -1.65. The van der Waals surface area contributed by atoms with Gasteiger partial charge in [-0.15, -0.1) is 0 Å². The molecule has 170 valence electrons. The van der Waals surface area contributed by atoms with Crippen LogP contribution in [0.15, 0.2) is 72.8 Å². The van der Waals surface area contributed by atoms with Crippen molar-refractivity contribution in [3.63, 3.8) is 0 Å². The molecule has 0 aromatic heterocycles. The predicted octanol–water partition coefficient (Wildman–Crippen LogP) is 4.23. The van der Waals surface area contributed by atoms with E-state index < -0.39 is 24.0 Å². The van der Waals surface area contributed by atoms with Crippen LogP contribution in [0.3, 0.4) is 0 Å². The molecule has 0 saturated carbocycles. The lowest BCUT2D eigenvalue weighted by Crippen LogP contribution is -2.31. The second-order valence-corrected chi connectivity index (χ2v) is 7.46. The number of Topliss-reactive ketones (excluding diaryl/α,β-unsaturated/α-hetero) is 1. The predicted molar refractivity (Wildman–Crippen MR) is 119 cm³/mol. The summed E-state index contributed by atoms with van der Waals surface area (Å²) in [4.78, 5) is 25.4. The molecule has 7 nitrogen and oxygen atoms in total. The smallest absolute Gasteiger partial charge is 0.306 e. The Morgan fingerprint density at radius 3 is 2.48 bits per heavy atom. The lowest BCUT2D eigenvalue weighted by Gasteiger charge is -2.23. The number of benzene rings is 3. The molecule has 0 aliphatic carbocycles. The molecule has 2 atom stereocenters. The fourth-order valence-electron chi connectivity index (χ4n) is 3.46. The van der Waals surface area contributed by atoms with Crippen LogP contribution in [0.2, 0.25) is 0 Å². The number of rotatable bonds is 9. The zero-order chi connectivity index (χ0) is 23.2. The van der Waals surface area contributed by atoms with Crippen molar-refractivity contribution in [2.24, 2.45) is 0 Å². The molecule has 4 rings (SSSR count). The maximum atomic E-state index is 13.3. The molecule has 2 unspecified atom stereocenters. The first-order chi connectivity index (χ1) is 16.1. The summed E-state index contributed by atoms with van der Waals surface area (Å²) >= 11 is 0. The van der Waals surface area contributed by atoms with Gasteiger partial charge in [0, 0.05) is 6.42 Å². The van der Waals surface area contributed by atoms with Crippen LogP contribution in [0.4, 0.5) is 0 Å². The van der Waals surface area contributed by atoms with E-state index in [0.717, 1.165) is 5.56 Å². The number of hydrogen-bond donors (Lipinski definition) is 1. The first-order valence-electron chi connectivity index (χ1n) is 10.6. The summed E-state index contributed by atoms with van der Waals surface area (Å²) in [5.41, 5.74) is 1.55. The Labute approximate surface area is 191 Å². The number of aliphatic hydroxyl groups is 1. The molecule has 0 bridgehead atoms. The van der Waals surface area contributed by atoms with Gasteiger partial charge in [0.25, 0.3) is 0 Å². The van der Waals surface area contributed by atoms with Crippen molar-refractivity contribution in [2.45, 2.75) is 32.2 Å². The van der Waals surface area contributed by atoms with Gasteiger partial charge in [-0.05, 0) is 35.4 Å². The van der Waals surface area contributed by atoms with Crippen molar-refractivity contribution < 1.29 is 33.6 Å². The molecular formula is C26H24O7. The molecule has 7 heteroatoms. The van der Waals surface area contributed by atoms with Crippen molar-refractivity contribution in [3.8, 4) is 17.2 Å². The van der Waals surface area contributed by atoms with Crippen molar-refractivity contribution in [2.75, 3.05) is 6.79 Å². The summed E-state index contributed by atoms with van der Waals surface area (Å²) in [6.45, 7) is 1.98. The van der Waals surface area contributed by atoms with Gasteiger partial charge in [-0.3, -0.25) is 9.59 Å². The Morgan fingerprint density at radius 2 is 1.70 bits per heavy atom. The molecule has 0 saturated heterocycles. The van der Waals surface area contributed by atoms with Gasteiger partial charge in [0.1, 0.15) is 12.4 Å². The van der Waals surface area contributed by atoms with E-state index >= 15 is 0 Å². The van der Waals surface area contributed by atoms with Crippen LogP contribution in [0.5, 0.6) is 17.2 Å². The topological polar surface area (TPSA) is 91.3 Å². The SMILES string of the molecule is CCC(=O)OC(c1ccc2c(c1)OCO2)C(O)C(=O)c1ccccc1OCc1ccccc1. The molecular weight excluding hydrogens is 424 g/mol. The number of fused-ring (bicyclic) bond motifs is 1. The summed E-state index contributed by atoms with van der Waals surface area (Å²) in [6.07, 6.45) is -2.78. The van der Waals surface area contributed by atoms with E-state index in [9.17, 15) is 14.7 Å². The maximum Gasteiger partial charge on any atom is 0.306 e. The molecule has 33 heavy (non-hydrogen) atoms. The number of aliphatic hydroxyl groups excluding tert-OH is 1. The molecule has 3 aromatic carbocycles. The fraction of sp³-hybridized carbons (Fsp3) is 0.231. The number of ether oxygens (including phenoxy) is 4. The lowest BCUT2D eigenvalue weighted by atomic mass is 9.96. The molecule has 0 spiro atoms. The molecule has 0 radical (unpaired) electrons. The third-order valence-corrected chi connectivity index (χ3v) is 5.22. The molecule has 1 aliphatic heterocycles. The largest absolute Gasteiger partial charge is 0.488 e. The zero-order valence-electron chi connectivity index (χ0n) is 18.1. The van der Waals surface area contributed by atoms with Gasteiger partial charge in [-0.1, -0.05) is 55.5 Å². The number of carbonyl (C=O) groups is 2. The van der Waals surface area contributed by atoms with Crippen molar-refractivity contribution in [1.29, 1.82) is 0 Å². The Hall–Kier alpha value is -3.84. The maximum absolute atomic E-state index is 13.3. The number of carbonyl (C=O) groups excluding carboxylic acids is 2. The van der Waals surface area contributed by atoms with Crippen LogP contribution in [0.1, 0.15) is 40.9 Å². The fourth-order valence-corrected chi connectivity index (χ4v) is 3.46. The summed E-state index contributed by atoms with van der Waals surface area (Å²) in [6, 6.07) is 21.1. The van der Waals surface area contributed by atoms with E-state index in [1.165, 1.54) is 0 Å². The van der Waals surface area contributed by atoms with Crippen LogP contribution >= 0.6 is 0 Å². The monoisotopic (exact) mass is 448 g/mol. The van der Waals surface area contributed by atoms with Gasteiger partial charge in [-0.2, -0.15) is 0 Å². The van der Waals surface area contributed by atoms with E-state index in [-0.39, 0.29) is 25.4 Å². The highest BCUT2D eigenvalue weighted by Gasteiger charge is 2.34. The van der Waals surface area contributed by atoms with Gasteiger partial charge in [0.2, 0.25) is 6.79 Å². The lowest BCUT2D eigenvalue weighted by molar-refractivity contribution is -0.153. The summed E-state index contributed by atoms with van der Waals surface area (Å²) in [5.74, 6) is 0.163. The van der Waals surface area contributed by atoms with E-state index in [2.05, 4.69) is 0 Å². The molecule has 0 amide bonds. The highest BCUT2D eigenvalue weighted by atomic mass is 16.7. The number of para-hydroxylation sites is 1. The van der Waals surface area contributed by atoms with Crippen molar-refractivity contribution in [3.05, 3.63) is 89.5 Å². The average Bonchev–Trinajstić information content (AvgIpc) is 3.34. The van der Waals surface area contributed by atoms with Crippen LogP contribution in [-0.2, 0) is 16.1 Å². The summed E-state index contributed by atoms with van der Waals surface area (Å²) in [5, 5.41) is 11.0. The van der Waals surface area contributed by atoms with Gasteiger partial charge >= 0.3 is 5.97 Å². The highest BCUT2D eigenvalue weighted by molar-refractivity contribution is 6.02. The molecule has 1 aliphatic rings. The van der Waals surface area contributed by atoms with Crippen LogP contribution in [0.25, 0.3) is 0 Å². The van der Waals surface area contributed by atoms with E-state index in [0.29, 0.717) is 22.8 Å². The second-order valence-electron chi connectivity index (χ2n) is 7.46. The second kappa shape index (κ2) is 10.2. The zero-order valence-corrected chi connectivity index (χ0v) is 18.1. The number of hydrogen-bond acceptors (Lipinski definition) is 7. The van der Waals surface area contributed by atoms with Crippen molar-refractivity contribution >= 4 is 11.8 Å². The third kappa shape index (κ3) is 5.15. The minimum Gasteiger partial charge on any atom is -0.488 e. The average molecular weight is 448 g/mol. The first kappa shape index (κ1) is 22.4. The highest BCUT2D eigenvalue weighted by Crippen LogP contribution is 2.37. The summed E-state index contributed by atoms with van der Waals surface area (Å²) < 4.78 is 22.0. The number of ketones is 1. The van der Waals surface area contributed by atoms with Crippen LogP contribution in [0, 0.1) is 0 Å².